The van der Waals surface area contributed by atoms with Gasteiger partial charge in [-0.25, -0.2) is 4.39 Å². The number of halogens is 2. The maximum Gasteiger partial charge on any atom is 0.249 e. The number of nitrogens with two attached hydrogens (primary N) is 1. The van der Waals surface area contributed by atoms with E-state index in [1.54, 1.807) is 18.2 Å². The van der Waals surface area contributed by atoms with Crippen LogP contribution >= 0.6 is 11.6 Å². The molecule has 0 aliphatic carbocycles. The van der Waals surface area contributed by atoms with Crippen molar-refractivity contribution in [2.24, 2.45) is 5.73 Å². The Labute approximate surface area is 148 Å². The molecule has 3 nitrogen and oxygen atoms in total. The SMILES string of the molecule is NC(=O)c1cccc2c1c1[c]ccc(F)c1n2Cc1ccccc1Cl. The van der Waals surface area contributed by atoms with Gasteiger partial charge in [0.2, 0.25) is 5.91 Å². The number of primary amides is 1. The van der Waals surface area contributed by atoms with Gasteiger partial charge in [0.25, 0.3) is 0 Å². The van der Waals surface area contributed by atoms with Crippen LogP contribution in [0.5, 0.6) is 0 Å². The number of carbonyl (C=O) groups excluding carboxylic acids is 1. The lowest BCUT2D eigenvalue weighted by Gasteiger charge is -2.10. The van der Waals surface area contributed by atoms with Crippen LogP contribution in [0.1, 0.15) is 15.9 Å². The molecule has 0 aliphatic rings. The molecule has 0 atom stereocenters. The van der Waals surface area contributed by atoms with Gasteiger partial charge in [-0.2, -0.15) is 0 Å². The third-order valence-electron chi connectivity index (χ3n) is 4.33. The molecule has 25 heavy (non-hydrogen) atoms. The highest BCUT2D eigenvalue weighted by molar-refractivity contribution is 6.31. The first-order valence-electron chi connectivity index (χ1n) is 7.72. The van der Waals surface area contributed by atoms with Gasteiger partial charge in [0.1, 0.15) is 5.82 Å². The van der Waals surface area contributed by atoms with E-state index in [9.17, 15) is 9.18 Å². The molecule has 0 unspecified atom stereocenters. The van der Waals surface area contributed by atoms with Gasteiger partial charge < -0.3 is 10.3 Å². The first-order chi connectivity index (χ1) is 12.1. The van der Waals surface area contributed by atoms with Crippen molar-refractivity contribution in [3.63, 3.8) is 0 Å². The van der Waals surface area contributed by atoms with E-state index < -0.39 is 5.91 Å². The van der Waals surface area contributed by atoms with Crippen molar-refractivity contribution in [1.82, 2.24) is 4.57 Å². The first kappa shape index (κ1) is 15.7. The van der Waals surface area contributed by atoms with Crippen molar-refractivity contribution in [2.75, 3.05) is 0 Å². The molecule has 3 aromatic carbocycles. The number of amides is 1. The van der Waals surface area contributed by atoms with Crippen LogP contribution < -0.4 is 5.73 Å². The van der Waals surface area contributed by atoms with Crippen LogP contribution in [0.2, 0.25) is 5.02 Å². The summed E-state index contributed by atoms with van der Waals surface area (Å²) in [4.78, 5) is 11.8. The van der Waals surface area contributed by atoms with Crippen LogP contribution in [-0.2, 0) is 6.54 Å². The molecule has 0 aliphatic heterocycles. The zero-order valence-electron chi connectivity index (χ0n) is 13.1. The molecule has 0 spiro atoms. The summed E-state index contributed by atoms with van der Waals surface area (Å²) in [5.41, 5.74) is 7.82. The maximum atomic E-state index is 14.6. The summed E-state index contributed by atoms with van der Waals surface area (Å²) in [5, 5.41) is 1.75. The Morgan fingerprint density at radius 2 is 1.96 bits per heavy atom. The predicted molar refractivity (Wildman–Crippen MR) is 97.3 cm³/mol. The second-order valence-electron chi connectivity index (χ2n) is 5.79. The number of hydrogen-bond donors (Lipinski definition) is 1. The fourth-order valence-electron chi connectivity index (χ4n) is 3.23. The highest BCUT2D eigenvalue weighted by Gasteiger charge is 2.19. The van der Waals surface area contributed by atoms with Crippen LogP contribution in [0.4, 0.5) is 4.39 Å². The van der Waals surface area contributed by atoms with E-state index in [1.807, 2.05) is 28.8 Å². The molecule has 1 aromatic heterocycles. The molecule has 5 heteroatoms. The molecular formula is C20H13ClFN2O. The molecule has 0 fully saturated rings. The van der Waals surface area contributed by atoms with Crippen LogP contribution in [0, 0.1) is 11.9 Å². The molecular weight excluding hydrogens is 339 g/mol. The van der Waals surface area contributed by atoms with Crippen molar-refractivity contribution < 1.29 is 9.18 Å². The summed E-state index contributed by atoms with van der Waals surface area (Å²) in [5.74, 6) is -0.938. The minimum Gasteiger partial charge on any atom is -0.366 e. The lowest BCUT2D eigenvalue weighted by atomic mass is 10.1. The Morgan fingerprint density at radius 3 is 2.72 bits per heavy atom. The van der Waals surface area contributed by atoms with Gasteiger partial charge in [0.15, 0.2) is 0 Å². The number of fused-ring (bicyclic) bond motifs is 3. The van der Waals surface area contributed by atoms with Crippen LogP contribution in [0.3, 0.4) is 0 Å². The summed E-state index contributed by atoms with van der Waals surface area (Å²) in [6, 6.07) is 18.5. The van der Waals surface area contributed by atoms with Crippen LogP contribution in [0.25, 0.3) is 21.8 Å². The van der Waals surface area contributed by atoms with Crippen molar-refractivity contribution in [3.05, 3.63) is 82.6 Å². The van der Waals surface area contributed by atoms with Gasteiger partial charge in [-0.05, 0) is 35.9 Å². The first-order valence-corrected chi connectivity index (χ1v) is 8.10. The van der Waals surface area contributed by atoms with Gasteiger partial charge >= 0.3 is 0 Å². The smallest absolute Gasteiger partial charge is 0.249 e. The summed E-state index contributed by atoms with van der Waals surface area (Å²) in [7, 11) is 0. The Morgan fingerprint density at radius 1 is 1.16 bits per heavy atom. The lowest BCUT2D eigenvalue weighted by molar-refractivity contribution is 0.100. The molecule has 123 valence electrons. The summed E-state index contributed by atoms with van der Waals surface area (Å²) in [6.07, 6.45) is 0. The molecule has 1 amide bonds. The Kier molecular flexibility index (Phi) is 3.70. The van der Waals surface area contributed by atoms with E-state index in [0.29, 0.717) is 38.9 Å². The molecule has 1 radical (unpaired) electrons. The quantitative estimate of drug-likeness (QED) is 0.579. The minimum absolute atomic E-state index is 0.349. The highest BCUT2D eigenvalue weighted by Crippen LogP contribution is 2.34. The van der Waals surface area contributed by atoms with Gasteiger partial charge in [0, 0.05) is 27.9 Å². The average Bonchev–Trinajstić information content (AvgIpc) is 2.92. The fraction of sp³-hybridized carbons (Fsp3) is 0.0500. The van der Waals surface area contributed by atoms with Gasteiger partial charge in [-0.1, -0.05) is 41.9 Å². The largest absolute Gasteiger partial charge is 0.366 e. The zero-order chi connectivity index (χ0) is 17.6. The van der Waals surface area contributed by atoms with Crippen molar-refractivity contribution in [3.8, 4) is 0 Å². The minimum atomic E-state index is -0.556. The van der Waals surface area contributed by atoms with E-state index in [-0.39, 0.29) is 5.82 Å². The number of benzene rings is 3. The fourth-order valence-corrected chi connectivity index (χ4v) is 3.43. The van der Waals surface area contributed by atoms with E-state index in [0.717, 1.165) is 5.56 Å². The highest BCUT2D eigenvalue weighted by atomic mass is 35.5. The molecule has 4 aromatic rings. The number of aromatic nitrogens is 1. The van der Waals surface area contributed by atoms with Crippen LogP contribution in [0.15, 0.2) is 54.6 Å². The summed E-state index contributed by atoms with van der Waals surface area (Å²) in [6.45, 7) is 0.372. The Hall–Kier alpha value is -2.85. The van der Waals surface area contributed by atoms with E-state index in [4.69, 9.17) is 17.3 Å². The predicted octanol–water partition coefficient (Wildman–Crippen LogP) is 4.53. The molecule has 0 saturated heterocycles. The maximum absolute atomic E-state index is 14.6. The monoisotopic (exact) mass is 351 g/mol. The van der Waals surface area contributed by atoms with Gasteiger partial charge in [0.05, 0.1) is 11.0 Å². The summed E-state index contributed by atoms with van der Waals surface area (Å²) < 4.78 is 16.4. The second-order valence-corrected chi connectivity index (χ2v) is 6.20. The Balaban J connectivity index is 2.10. The van der Waals surface area contributed by atoms with Crippen LogP contribution in [-0.4, -0.2) is 10.5 Å². The Bertz CT molecular complexity index is 1130. The number of hydrogen-bond acceptors (Lipinski definition) is 1. The van der Waals surface area contributed by atoms with E-state index >= 15 is 0 Å². The van der Waals surface area contributed by atoms with E-state index in [2.05, 4.69) is 6.07 Å². The number of carbonyl (C=O) groups is 1. The van der Waals surface area contributed by atoms with Gasteiger partial charge in [-0.3, -0.25) is 4.79 Å². The second kappa shape index (κ2) is 5.90. The van der Waals surface area contributed by atoms with Crippen molar-refractivity contribution in [1.29, 1.82) is 0 Å². The van der Waals surface area contributed by atoms with Crippen molar-refractivity contribution >= 4 is 39.3 Å². The molecule has 4 rings (SSSR count). The summed E-state index contributed by atoms with van der Waals surface area (Å²) >= 11 is 6.28. The number of rotatable bonds is 3. The molecule has 0 saturated carbocycles. The third kappa shape index (κ3) is 2.46. The lowest BCUT2D eigenvalue weighted by Crippen LogP contribution is -2.11. The van der Waals surface area contributed by atoms with E-state index in [1.165, 1.54) is 12.1 Å². The normalized spacial score (nSPS) is 11.3. The zero-order valence-corrected chi connectivity index (χ0v) is 13.8. The average molecular weight is 352 g/mol. The standard InChI is InChI=1S/C20H13ClFN2O/c21-15-8-2-1-5-12(15)11-24-17-10-4-7-14(20(23)25)18(17)13-6-3-9-16(22)19(13)24/h1-5,7-10H,11H2,(H2,23,25). The molecule has 1 heterocycles. The molecule has 0 bridgehead atoms. The van der Waals surface area contributed by atoms with Gasteiger partial charge in [-0.15, -0.1) is 0 Å². The third-order valence-corrected chi connectivity index (χ3v) is 4.69. The van der Waals surface area contributed by atoms with Crippen molar-refractivity contribution in [2.45, 2.75) is 6.54 Å². The topological polar surface area (TPSA) is 48.0 Å². The number of nitrogens with zero attached hydrogens (tertiary/aromatic N) is 1. The molecule has 2 N–H and O–H groups in total.